The molecule has 25 heavy (non-hydrogen) atoms. The summed E-state index contributed by atoms with van der Waals surface area (Å²) in [5, 5.41) is 3.18. The Morgan fingerprint density at radius 2 is 1.80 bits per heavy atom. The van der Waals surface area contributed by atoms with Gasteiger partial charge in [-0.2, -0.15) is 0 Å². The minimum Gasteiger partial charge on any atom is -0.375 e. The van der Waals surface area contributed by atoms with Gasteiger partial charge in [-0.15, -0.1) is 0 Å². The molecule has 0 spiro atoms. The van der Waals surface area contributed by atoms with Crippen LogP contribution in [-0.2, 0) is 4.74 Å². The molecular weight excluding hydrogens is 312 g/mol. The lowest BCUT2D eigenvalue weighted by Crippen LogP contribution is -2.44. The fourth-order valence-corrected chi connectivity index (χ4v) is 3.52. The standard InChI is InChI=1S/C21H26N2O2/c1-4-25-20-14-23(3)13-19(20)22-21(24)18-12-8-7-11-17(18)16-10-6-5-9-15(16)2/h5-12,19-20H,4,13-14H2,1-3H3,(H,22,24)/t19-,20-/m0/s1. The topological polar surface area (TPSA) is 41.6 Å². The fourth-order valence-electron chi connectivity index (χ4n) is 3.52. The van der Waals surface area contributed by atoms with Crippen LogP contribution in [0.25, 0.3) is 11.1 Å². The van der Waals surface area contributed by atoms with Crippen molar-refractivity contribution in [3.63, 3.8) is 0 Å². The zero-order chi connectivity index (χ0) is 17.8. The van der Waals surface area contributed by atoms with Crippen LogP contribution in [0.5, 0.6) is 0 Å². The Bertz CT molecular complexity index is 744. The predicted octanol–water partition coefficient (Wildman–Crippen LogP) is 3.11. The Hall–Kier alpha value is -2.17. The number of carbonyl (C=O) groups is 1. The molecular formula is C21H26N2O2. The summed E-state index contributed by atoms with van der Waals surface area (Å²) in [4.78, 5) is 15.2. The molecule has 2 atom stereocenters. The monoisotopic (exact) mass is 338 g/mol. The van der Waals surface area contributed by atoms with E-state index < -0.39 is 0 Å². The number of likely N-dealkylation sites (tertiary alicyclic amines) is 1. The third kappa shape index (κ3) is 3.91. The molecule has 1 aliphatic rings. The second-order valence-corrected chi connectivity index (χ2v) is 6.66. The Labute approximate surface area is 149 Å². The first kappa shape index (κ1) is 17.6. The lowest BCUT2D eigenvalue weighted by atomic mass is 9.95. The third-order valence-electron chi connectivity index (χ3n) is 4.75. The van der Waals surface area contributed by atoms with Gasteiger partial charge in [-0.3, -0.25) is 4.79 Å². The zero-order valence-corrected chi connectivity index (χ0v) is 15.2. The van der Waals surface area contributed by atoms with Gasteiger partial charge in [0.05, 0.1) is 12.1 Å². The number of aryl methyl sites for hydroxylation is 1. The number of hydrogen-bond acceptors (Lipinski definition) is 3. The van der Waals surface area contributed by atoms with Crippen LogP contribution in [-0.4, -0.2) is 49.7 Å². The quantitative estimate of drug-likeness (QED) is 0.911. The number of hydrogen-bond donors (Lipinski definition) is 1. The maximum atomic E-state index is 13.0. The second-order valence-electron chi connectivity index (χ2n) is 6.66. The summed E-state index contributed by atoms with van der Waals surface area (Å²) in [5.74, 6) is -0.0381. The molecule has 0 radical (unpaired) electrons. The molecule has 1 aliphatic heterocycles. The fraction of sp³-hybridized carbons (Fsp3) is 0.381. The van der Waals surface area contributed by atoms with Crippen molar-refractivity contribution in [1.82, 2.24) is 10.2 Å². The maximum absolute atomic E-state index is 13.0. The van der Waals surface area contributed by atoms with E-state index in [0.717, 1.165) is 29.8 Å². The molecule has 1 amide bonds. The summed E-state index contributed by atoms with van der Waals surface area (Å²) in [6, 6.07) is 16.0. The lowest BCUT2D eigenvalue weighted by molar-refractivity contribution is 0.0513. The molecule has 1 saturated heterocycles. The van der Waals surface area contributed by atoms with Gasteiger partial charge in [-0.25, -0.2) is 0 Å². The lowest BCUT2D eigenvalue weighted by Gasteiger charge is -2.21. The molecule has 2 aromatic rings. The molecule has 0 aliphatic carbocycles. The smallest absolute Gasteiger partial charge is 0.252 e. The molecule has 1 N–H and O–H groups in total. The van der Waals surface area contributed by atoms with Crippen molar-refractivity contribution in [2.45, 2.75) is 26.0 Å². The van der Waals surface area contributed by atoms with Gasteiger partial charge >= 0.3 is 0 Å². The summed E-state index contributed by atoms with van der Waals surface area (Å²) >= 11 is 0. The first-order chi connectivity index (χ1) is 12.1. The summed E-state index contributed by atoms with van der Waals surface area (Å²) in [7, 11) is 2.06. The van der Waals surface area contributed by atoms with Gasteiger partial charge in [0.25, 0.3) is 5.91 Å². The van der Waals surface area contributed by atoms with Gasteiger partial charge in [0, 0.05) is 25.3 Å². The summed E-state index contributed by atoms with van der Waals surface area (Å²) in [6.45, 7) is 6.37. The summed E-state index contributed by atoms with van der Waals surface area (Å²) < 4.78 is 5.80. The van der Waals surface area contributed by atoms with Crippen molar-refractivity contribution in [2.75, 3.05) is 26.7 Å². The molecule has 1 heterocycles. The van der Waals surface area contributed by atoms with Gasteiger partial charge < -0.3 is 15.0 Å². The van der Waals surface area contributed by atoms with Crippen LogP contribution in [0, 0.1) is 6.92 Å². The van der Waals surface area contributed by atoms with E-state index in [1.54, 1.807) is 0 Å². The van der Waals surface area contributed by atoms with Gasteiger partial charge in [0.1, 0.15) is 0 Å². The minimum atomic E-state index is -0.0381. The molecule has 4 nitrogen and oxygen atoms in total. The second kappa shape index (κ2) is 7.81. The number of benzene rings is 2. The number of nitrogens with zero attached hydrogens (tertiary/aromatic N) is 1. The Morgan fingerprint density at radius 3 is 2.52 bits per heavy atom. The number of likely N-dealkylation sites (N-methyl/N-ethyl adjacent to an activating group) is 1. The molecule has 3 rings (SSSR count). The highest BCUT2D eigenvalue weighted by molar-refractivity contribution is 6.01. The van der Waals surface area contributed by atoms with Crippen LogP contribution in [0.1, 0.15) is 22.8 Å². The zero-order valence-electron chi connectivity index (χ0n) is 15.2. The van der Waals surface area contributed by atoms with E-state index in [-0.39, 0.29) is 18.1 Å². The van der Waals surface area contributed by atoms with E-state index in [4.69, 9.17) is 4.74 Å². The Balaban J connectivity index is 1.85. The summed E-state index contributed by atoms with van der Waals surface area (Å²) in [5.41, 5.74) is 3.94. The minimum absolute atomic E-state index is 0.0161. The van der Waals surface area contributed by atoms with Gasteiger partial charge in [0.2, 0.25) is 0 Å². The largest absolute Gasteiger partial charge is 0.375 e. The summed E-state index contributed by atoms with van der Waals surface area (Å²) in [6.07, 6.45) is 0.0459. The number of amides is 1. The van der Waals surface area contributed by atoms with E-state index in [2.05, 4.69) is 36.3 Å². The third-order valence-corrected chi connectivity index (χ3v) is 4.75. The highest BCUT2D eigenvalue weighted by Gasteiger charge is 2.33. The van der Waals surface area contributed by atoms with Crippen molar-refractivity contribution >= 4 is 5.91 Å². The molecule has 0 aromatic heterocycles. The van der Waals surface area contributed by atoms with Crippen molar-refractivity contribution < 1.29 is 9.53 Å². The van der Waals surface area contributed by atoms with Gasteiger partial charge in [-0.05, 0) is 43.7 Å². The van der Waals surface area contributed by atoms with E-state index in [9.17, 15) is 4.79 Å². The van der Waals surface area contributed by atoms with E-state index in [1.807, 2.05) is 43.3 Å². The SMILES string of the molecule is CCO[C@H]1CN(C)C[C@@H]1NC(=O)c1ccccc1-c1ccccc1C. The van der Waals surface area contributed by atoms with E-state index in [1.165, 1.54) is 0 Å². The first-order valence-electron chi connectivity index (χ1n) is 8.86. The molecule has 0 bridgehead atoms. The average Bonchev–Trinajstić information content (AvgIpc) is 2.95. The first-order valence-corrected chi connectivity index (χ1v) is 8.86. The highest BCUT2D eigenvalue weighted by Crippen LogP contribution is 2.27. The van der Waals surface area contributed by atoms with Crippen LogP contribution < -0.4 is 5.32 Å². The normalized spacial score (nSPS) is 20.6. The molecule has 132 valence electrons. The average molecular weight is 338 g/mol. The van der Waals surface area contributed by atoms with Crippen LogP contribution in [0.2, 0.25) is 0 Å². The number of carbonyl (C=O) groups excluding carboxylic acids is 1. The number of ether oxygens (including phenoxy) is 1. The highest BCUT2D eigenvalue weighted by atomic mass is 16.5. The van der Waals surface area contributed by atoms with E-state index >= 15 is 0 Å². The van der Waals surface area contributed by atoms with Crippen LogP contribution in [0.3, 0.4) is 0 Å². The Kier molecular flexibility index (Phi) is 5.51. The van der Waals surface area contributed by atoms with Crippen molar-refractivity contribution in [1.29, 1.82) is 0 Å². The van der Waals surface area contributed by atoms with Crippen molar-refractivity contribution in [2.24, 2.45) is 0 Å². The number of nitrogens with one attached hydrogen (secondary N) is 1. The van der Waals surface area contributed by atoms with Crippen molar-refractivity contribution in [3.8, 4) is 11.1 Å². The number of rotatable bonds is 5. The van der Waals surface area contributed by atoms with Crippen LogP contribution in [0.4, 0.5) is 0 Å². The van der Waals surface area contributed by atoms with Gasteiger partial charge in [0.15, 0.2) is 0 Å². The van der Waals surface area contributed by atoms with E-state index in [0.29, 0.717) is 12.2 Å². The predicted molar refractivity (Wildman–Crippen MR) is 101 cm³/mol. The van der Waals surface area contributed by atoms with Crippen LogP contribution >= 0.6 is 0 Å². The molecule has 0 saturated carbocycles. The van der Waals surface area contributed by atoms with Crippen LogP contribution in [0.15, 0.2) is 48.5 Å². The molecule has 1 fully saturated rings. The maximum Gasteiger partial charge on any atom is 0.252 e. The van der Waals surface area contributed by atoms with Crippen molar-refractivity contribution in [3.05, 3.63) is 59.7 Å². The Morgan fingerprint density at radius 1 is 1.12 bits per heavy atom. The van der Waals surface area contributed by atoms with Gasteiger partial charge in [-0.1, -0.05) is 42.5 Å². The molecule has 2 aromatic carbocycles. The molecule has 4 heteroatoms. The molecule has 0 unspecified atom stereocenters.